The molecule has 1 unspecified atom stereocenters. The van der Waals surface area contributed by atoms with Gasteiger partial charge in [0.1, 0.15) is 5.54 Å². The third-order valence-corrected chi connectivity index (χ3v) is 4.33. The number of methoxy groups -OCH3 is 1. The van der Waals surface area contributed by atoms with Gasteiger partial charge in [-0.1, -0.05) is 32.0 Å². The topological polar surface area (TPSA) is 50.4 Å². The van der Waals surface area contributed by atoms with E-state index in [2.05, 4.69) is 10.6 Å². The Morgan fingerprint density at radius 2 is 1.88 bits per heavy atom. The molecule has 0 saturated heterocycles. The van der Waals surface area contributed by atoms with Crippen molar-refractivity contribution in [3.05, 3.63) is 52.7 Å². The van der Waals surface area contributed by atoms with Gasteiger partial charge in [-0.05, 0) is 43.9 Å². The van der Waals surface area contributed by atoms with Crippen LogP contribution in [0, 0.1) is 0 Å². The summed E-state index contributed by atoms with van der Waals surface area (Å²) in [5.41, 5.74) is 2.27. The van der Waals surface area contributed by atoms with Crippen molar-refractivity contribution >= 4 is 11.6 Å². The van der Waals surface area contributed by atoms with E-state index < -0.39 is 11.4 Å². The Morgan fingerprint density at radius 3 is 2.33 bits per heavy atom. The first-order chi connectivity index (χ1) is 11.4. The van der Waals surface area contributed by atoms with Crippen LogP contribution in [0.3, 0.4) is 0 Å². The fraction of sp³-hybridized carbons (Fsp3) is 0.421. The Labute approximate surface area is 142 Å². The Balaban J connectivity index is 2.33. The Morgan fingerprint density at radius 1 is 1.29 bits per heavy atom. The van der Waals surface area contributed by atoms with Gasteiger partial charge in [0.2, 0.25) is 0 Å². The van der Waals surface area contributed by atoms with Crippen molar-refractivity contribution in [2.24, 2.45) is 0 Å². The van der Waals surface area contributed by atoms with Crippen molar-refractivity contribution in [3.8, 4) is 0 Å². The van der Waals surface area contributed by atoms with Gasteiger partial charge in [0, 0.05) is 5.69 Å². The number of aryl methyl sites for hydroxylation is 2. The highest BCUT2D eigenvalue weighted by atomic mass is 19.1. The zero-order valence-corrected chi connectivity index (χ0v) is 14.9. The molecule has 1 amide bonds. The van der Waals surface area contributed by atoms with Crippen molar-refractivity contribution in [2.75, 3.05) is 12.4 Å². The van der Waals surface area contributed by atoms with E-state index in [1.54, 1.807) is 13.8 Å². The number of rotatable bonds is 5. The van der Waals surface area contributed by atoms with Crippen LogP contribution in [0.4, 0.5) is 10.1 Å². The maximum absolute atomic E-state index is 14.2. The van der Waals surface area contributed by atoms with Gasteiger partial charge in [-0.2, -0.15) is 0 Å². The first-order valence-electron chi connectivity index (χ1n) is 8.20. The summed E-state index contributed by atoms with van der Waals surface area (Å²) in [7, 11) is 1.40. The number of amides is 1. The predicted molar refractivity (Wildman–Crippen MR) is 94.3 cm³/mol. The molecule has 1 atom stereocenters. The summed E-state index contributed by atoms with van der Waals surface area (Å²) in [6.07, 6.45) is 2.88. The fourth-order valence-electron chi connectivity index (χ4n) is 3.00. The summed E-state index contributed by atoms with van der Waals surface area (Å²) in [6, 6.07) is 5.98. The minimum atomic E-state index is -1.18. The van der Waals surface area contributed by atoms with Gasteiger partial charge in [-0.3, -0.25) is 4.79 Å². The summed E-state index contributed by atoms with van der Waals surface area (Å²) in [4.78, 5) is 12.9. The van der Waals surface area contributed by atoms with Crippen molar-refractivity contribution < 1.29 is 13.9 Å². The molecule has 130 valence electrons. The SMILES string of the molecule is CCc1cccc(CC)c1NC(=O)C1(C)C=C(F)C(OC)=C(C)N1. The zero-order chi connectivity index (χ0) is 17.9. The molecule has 0 aliphatic carbocycles. The fourth-order valence-corrected chi connectivity index (χ4v) is 3.00. The van der Waals surface area contributed by atoms with Crippen LogP contribution in [-0.2, 0) is 22.4 Å². The molecule has 0 radical (unpaired) electrons. The lowest BCUT2D eigenvalue weighted by atomic mass is 9.94. The largest absolute Gasteiger partial charge is 0.492 e. The molecule has 1 aromatic carbocycles. The lowest BCUT2D eigenvalue weighted by Gasteiger charge is -2.32. The van der Waals surface area contributed by atoms with Gasteiger partial charge >= 0.3 is 0 Å². The summed E-state index contributed by atoms with van der Waals surface area (Å²) in [6.45, 7) is 7.43. The molecule has 0 saturated carbocycles. The van der Waals surface area contributed by atoms with Gasteiger partial charge in [-0.25, -0.2) is 4.39 Å². The monoisotopic (exact) mass is 332 g/mol. The molecule has 2 rings (SSSR count). The molecule has 0 fully saturated rings. The number of ether oxygens (including phenoxy) is 1. The van der Waals surface area contributed by atoms with E-state index in [0.717, 1.165) is 29.7 Å². The molecule has 5 heteroatoms. The number of hydrogen-bond acceptors (Lipinski definition) is 3. The van der Waals surface area contributed by atoms with E-state index in [-0.39, 0.29) is 11.7 Å². The van der Waals surface area contributed by atoms with Crippen molar-refractivity contribution in [3.63, 3.8) is 0 Å². The maximum atomic E-state index is 14.2. The summed E-state index contributed by atoms with van der Waals surface area (Å²) in [5, 5.41) is 6.03. The number of hydrogen-bond donors (Lipinski definition) is 2. The van der Waals surface area contributed by atoms with Crippen LogP contribution in [-0.4, -0.2) is 18.6 Å². The molecule has 0 spiro atoms. The predicted octanol–water partition coefficient (Wildman–Crippen LogP) is 3.84. The first-order valence-corrected chi connectivity index (χ1v) is 8.20. The number of dihydropyridines is 1. The van der Waals surface area contributed by atoms with Crippen LogP contribution in [0.25, 0.3) is 0 Å². The molecular formula is C19H25FN2O2. The molecule has 1 aliphatic heterocycles. The zero-order valence-electron chi connectivity index (χ0n) is 14.9. The number of para-hydroxylation sites is 1. The quantitative estimate of drug-likeness (QED) is 0.861. The Kier molecular flexibility index (Phi) is 5.32. The summed E-state index contributed by atoms with van der Waals surface area (Å²) < 4.78 is 19.3. The molecule has 0 bridgehead atoms. The van der Waals surface area contributed by atoms with Crippen LogP contribution in [0.5, 0.6) is 0 Å². The van der Waals surface area contributed by atoms with Crippen LogP contribution < -0.4 is 10.6 Å². The van der Waals surface area contributed by atoms with E-state index in [4.69, 9.17) is 4.74 Å². The smallest absolute Gasteiger partial charge is 0.253 e. The minimum absolute atomic E-state index is 0.128. The Hall–Kier alpha value is -2.30. The first kappa shape index (κ1) is 18.0. The van der Waals surface area contributed by atoms with Gasteiger partial charge in [0.25, 0.3) is 5.91 Å². The summed E-state index contributed by atoms with van der Waals surface area (Å²) >= 11 is 0. The Bertz CT molecular complexity index is 687. The second-order valence-corrected chi connectivity index (χ2v) is 6.09. The number of carbonyl (C=O) groups excluding carboxylic acids is 1. The van der Waals surface area contributed by atoms with Gasteiger partial charge in [-0.15, -0.1) is 0 Å². The van der Waals surface area contributed by atoms with Crippen LogP contribution >= 0.6 is 0 Å². The third-order valence-electron chi connectivity index (χ3n) is 4.33. The van der Waals surface area contributed by atoms with Crippen molar-refractivity contribution in [1.82, 2.24) is 5.32 Å². The second kappa shape index (κ2) is 7.07. The molecule has 0 aromatic heterocycles. The molecule has 24 heavy (non-hydrogen) atoms. The average molecular weight is 332 g/mol. The highest BCUT2D eigenvalue weighted by molar-refractivity contribution is 6.01. The van der Waals surface area contributed by atoms with Crippen molar-refractivity contribution in [2.45, 2.75) is 46.1 Å². The molecule has 4 nitrogen and oxygen atoms in total. The van der Waals surface area contributed by atoms with Gasteiger partial charge < -0.3 is 15.4 Å². The number of nitrogens with one attached hydrogen (secondary N) is 2. The molecule has 2 N–H and O–H groups in total. The lowest BCUT2D eigenvalue weighted by molar-refractivity contribution is -0.120. The standard InChI is InChI=1S/C19H25FN2O2/c1-6-13-9-8-10-14(7-2)16(13)21-18(23)19(4)11-15(20)17(24-5)12(3)22-19/h8-11,22H,6-7H2,1-5H3,(H,21,23). The molecule has 1 aliphatic rings. The van der Waals surface area contributed by atoms with E-state index in [1.165, 1.54) is 13.2 Å². The number of halogens is 1. The highest BCUT2D eigenvalue weighted by Crippen LogP contribution is 2.29. The van der Waals surface area contributed by atoms with E-state index in [1.807, 2.05) is 32.0 Å². The van der Waals surface area contributed by atoms with Crippen LogP contribution in [0.1, 0.15) is 38.8 Å². The van der Waals surface area contributed by atoms with E-state index >= 15 is 0 Å². The molecule has 1 aromatic rings. The lowest BCUT2D eigenvalue weighted by Crippen LogP contribution is -2.52. The number of allylic oxidation sites excluding steroid dienone is 2. The van der Waals surface area contributed by atoms with Gasteiger partial charge in [0.05, 0.1) is 12.8 Å². The summed E-state index contributed by atoms with van der Waals surface area (Å²) in [5.74, 6) is -0.711. The normalized spacial score (nSPS) is 20.3. The average Bonchev–Trinajstić information content (AvgIpc) is 2.54. The third kappa shape index (κ3) is 3.30. The van der Waals surface area contributed by atoms with Gasteiger partial charge in [0.15, 0.2) is 11.6 Å². The maximum Gasteiger partial charge on any atom is 0.253 e. The highest BCUT2D eigenvalue weighted by Gasteiger charge is 2.37. The molecular weight excluding hydrogens is 307 g/mol. The number of benzene rings is 1. The molecule has 1 heterocycles. The van der Waals surface area contributed by atoms with E-state index in [0.29, 0.717) is 5.70 Å². The van der Waals surface area contributed by atoms with Crippen LogP contribution in [0.15, 0.2) is 41.6 Å². The second-order valence-electron chi connectivity index (χ2n) is 6.09. The van der Waals surface area contributed by atoms with Crippen LogP contribution in [0.2, 0.25) is 0 Å². The van der Waals surface area contributed by atoms with Crippen molar-refractivity contribution in [1.29, 1.82) is 0 Å². The number of anilines is 1. The minimum Gasteiger partial charge on any atom is -0.492 e. The number of carbonyl (C=O) groups is 1. The van der Waals surface area contributed by atoms with E-state index in [9.17, 15) is 9.18 Å².